The van der Waals surface area contributed by atoms with Gasteiger partial charge in [0, 0.05) is 45.6 Å². The van der Waals surface area contributed by atoms with Gasteiger partial charge < -0.3 is 19.9 Å². The molecule has 0 atom stereocenters. The van der Waals surface area contributed by atoms with Gasteiger partial charge in [0.25, 0.3) is 0 Å². The summed E-state index contributed by atoms with van der Waals surface area (Å²) in [6.07, 6.45) is 4.13. The summed E-state index contributed by atoms with van der Waals surface area (Å²) in [4.78, 5) is 15.6. The predicted molar refractivity (Wildman–Crippen MR) is 69.1 cm³/mol. The van der Waals surface area contributed by atoms with E-state index in [4.69, 9.17) is 4.74 Å². The van der Waals surface area contributed by atoms with Crippen molar-refractivity contribution in [2.24, 2.45) is 0 Å². The Morgan fingerprint density at radius 2 is 2.39 bits per heavy atom. The van der Waals surface area contributed by atoms with Crippen molar-refractivity contribution in [3.8, 4) is 0 Å². The second-order valence-electron chi connectivity index (χ2n) is 3.91. The Bertz CT molecular complexity index is 352. The number of aryl methyl sites for hydroxylation is 1. The Labute approximate surface area is 108 Å². The van der Waals surface area contributed by atoms with E-state index < -0.39 is 0 Å². The lowest BCUT2D eigenvalue weighted by Crippen LogP contribution is -2.25. The van der Waals surface area contributed by atoms with Gasteiger partial charge in [0.05, 0.1) is 13.2 Å². The monoisotopic (exact) mass is 254 g/mol. The van der Waals surface area contributed by atoms with Crippen LogP contribution in [0.2, 0.25) is 0 Å². The number of nitrogens with zero attached hydrogens (tertiary/aromatic N) is 2. The smallest absolute Gasteiger partial charge is 0.221 e. The Morgan fingerprint density at radius 3 is 3.11 bits per heavy atom. The number of hydrogen-bond acceptors (Lipinski definition) is 4. The van der Waals surface area contributed by atoms with E-state index in [1.54, 1.807) is 13.3 Å². The number of amides is 1. The molecule has 1 rings (SSSR count). The molecule has 1 aromatic heterocycles. The Kier molecular flexibility index (Phi) is 7.05. The highest BCUT2D eigenvalue weighted by atomic mass is 16.5. The van der Waals surface area contributed by atoms with Crippen molar-refractivity contribution in [2.75, 3.05) is 26.8 Å². The molecule has 1 heterocycles. The van der Waals surface area contributed by atoms with Gasteiger partial charge in [0.2, 0.25) is 5.91 Å². The fraction of sp³-hybridized carbons (Fsp3) is 0.667. The average molecular weight is 254 g/mol. The average Bonchev–Trinajstić information content (AvgIpc) is 2.80. The largest absolute Gasteiger partial charge is 0.383 e. The zero-order valence-electron chi connectivity index (χ0n) is 11.1. The van der Waals surface area contributed by atoms with Crippen LogP contribution in [0.4, 0.5) is 0 Å². The molecule has 0 aromatic carbocycles. The van der Waals surface area contributed by atoms with Crippen LogP contribution in [-0.4, -0.2) is 42.3 Å². The predicted octanol–water partition coefficient (Wildman–Crippen LogP) is 0.145. The van der Waals surface area contributed by atoms with Crippen molar-refractivity contribution in [3.05, 3.63) is 18.2 Å². The summed E-state index contributed by atoms with van der Waals surface area (Å²) in [6, 6.07) is 0. The molecular weight excluding hydrogens is 232 g/mol. The van der Waals surface area contributed by atoms with Crippen LogP contribution in [0.1, 0.15) is 19.2 Å². The molecule has 0 saturated heterocycles. The molecule has 6 heteroatoms. The zero-order valence-corrected chi connectivity index (χ0v) is 11.1. The van der Waals surface area contributed by atoms with E-state index in [0.29, 0.717) is 32.7 Å². The third-order valence-electron chi connectivity index (χ3n) is 2.52. The Morgan fingerprint density at radius 1 is 1.56 bits per heavy atom. The molecule has 102 valence electrons. The standard InChI is InChI=1S/C12H22N4O2/c1-3-14-12(17)4-7-16-8-5-15-11(16)10-13-6-9-18-2/h5,8,13H,3-4,6-7,9-10H2,1-2H3,(H,14,17). The minimum Gasteiger partial charge on any atom is -0.383 e. The summed E-state index contributed by atoms with van der Waals surface area (Å²) in [5.41, 5.74) is 0. The molecule has 2 N–H and O–H groups in total. The Balaban J connectivity index is 2.32. The molecule has 0 spiro atoms. The maximum Gasteiger partial charge on any atom is 0.221 e. The number of rotatable bonds is 9. The van der Waals surface area contributed by atoms with E-state index >= 15 is 0 Å². The van der Waals surface area contributed by atoms with Crippen LogP contribution in [0.25, 0.3) is 0 Å². The lowest BCUT2D eigenvalue weighted by molar-refractivity contribution is -0.121. The third-order valence-corrected chi connectivity index (χ3v) is 2.52. The number of methoxy groups -OCH3 is 1. The van der Waals surface area contributed by atoms with Gasteiger partial charge in [-0.15, -0.1) is 0 Å². The number of imidazole rings is 1. The van der Waals surface area contributed by atoms with Crippen LogP contribution in [0.3, 0.4) is 0 Å². The lowest BCUT2D eigenvalue weighted by Gasteiger charge is -2.08. The molecule has 1 amide bonds. The number of carbonyl (C=O) groups is 1. The molecule has 0 aliphatic carbocycles. The maximum atomic E-state index is 11.4. The first kappa shape index (κ1) is 14.7. The van der Waals surface area contributed by atoms with Gasteiger partial charge in [-0.25, -0.2) is 4.98 Å². The van der Waals surface area contributed by atoms with Gasteiger partial charge in [-0.05, 0) is 6.92 Å². The Hall–Kier alpha value is -1.40. The second kappa shape index (κ2) is 8.66. The SMILES string of the molecule is CCNC(=O)CCn1ccnc1CNCCOC. The summed E-state index contributed by atoms with van der Waals surface area (Å²) >= 11 is 0. The van der Waals surface area contributed by atoms with Gasteiger partial charge >= 0.3 is 0 Å². The van der Waals surface area contributed by atoms with Gasteiger partial charge in [0.15, 0.2) is 0 Å². The number of hydrogen-bond donors (Lipinski definition) is 2. The summed E-state index contributed by atoms with van der Waals surface area (Å²) in [5.74, 6) is 1.01. The lowest BCUT2D eigenvalue weighted by atomic mass is 10.4. The second-order valence-corrected chi connectivity index (χ2v) is 3.91. The first-order valence-corrected chi connectivity index (χ1v) is 6.24. The molecule has 6 nitrogen and oxygen atoms in total. The number of nitrogens with one attached hydrogen (secondary N) is 2. The van der Waals surface area contributed by atoms with E-state index in [-0.39, 0.29) is 5.91 Å². The van der Waals surface area contributed by atoms with Gasteiger partial charge in [-0.3, -0.25) is 4.79 Å². The molecular formula is C12H22N4O2. The molecule has 0 aliphatic rings. The highest BCUT2D eigenvalue weighted by Gasteiger charge is 2.04. The van der Waals surface area contributed by atoms with E-state index in [2.05, 4.69) is 15.6 Å². The van der Waals surface area contributed by atoms with Gasteiger partial charge in [-0.1, -0.05) is 0 Å². The molecule has 18 heavy (non-hydrogen) atoms. The van der Waals surface area contributed by atoms with Crippen LogP contribution >= 0.6 is 0 Å². The van der Waals surface area contributed by atoms with Crippen LogP contribution in [0.5, 0.6) is 0 Å². The first-order chi connectivity index (χ1) is 8.77. The highest BCUT2D eigenvalue weighted by molar-refractivity contribution is 5.75. The van der Waals surface area contributed by atoms with Crippen LogP contribution in [-0.2, 0) is 22.6 Å². The summed E-state index contributed by atoms with van der Waals surface area (Å²) in [6.45, 7) is 5.41. The van der Waals surface area contributed by atoms with E-state index in [1.165, 1.54) is 0 Å². The van der Waals surface area contributed by atoms with Gasteiger partial charge in [0.1, 0.15) is 5.82 Å². The maximum absolute atomic E-state index is 11.4. The molecule has 1 aromatic rings. The number of carbonyl (C=O) groups excluding carboxylic acids is 1. The van der Waals surface area contributed by atoms with Gasteiger partial charge in [-0.2, -0.15) is 0 Å². The minimum atomic E-state index is 0.0736. The minimum absolute atomic E-state index is 0.0736. The molecule has 0 radical (unpaired) electrons. The molecule has 0 saturated carbocycles. The van der Waals surface area contributed by atoms with E-state index in [9.17, 15) is 4.79 Å². The van der Waals surface area contributed by atoms with E-state index in [0.717, 1.165) is 12.4 Å². The number of aromatic nitrogens is 2. The van der Waals surface area contributed by atoms with Crippen LogP contribution in [0.15, 0.2) is 12.4 Å². The van der Waals surface area contributed by atoms with Crippen LogP contribution in [0, 0.1) is 0 Å². The molecule has 0 aliphatic heterocycles. The fourth-order valence-electron chi connectivity index (χ4n) is 1.59. The number of ether oxygens (including phenoxy) is 1. The normalized spacial score (nSPS) is 10.6. The van der Waals surface area contributed by atoms with Crippen molar-refractivity contribution >= 4 is 5.91 Å². The first-order valence-electron chi connectivity index (χ1n) is 6.24. The summed E-state index contributed by atoms with van der Waals surface area (Å²) in [5, 5.41) is 6.02. The topological polar surface area (TPSA) is 68.2 Å². The molecule has 0 unspecified atom stereocenters. The summed E-state index contributed by atoms with van der Waals surface area (Å²) < 4.78 is 6.95. The van der Waals surface area contributed by atoms with Crippen molar-refractivity contribution in [3.63, 3.8) is 0 Å². The van der Waals surface area contributed by atoms with Crippen LogP contribution < -0.4 is 10.6 Å². The zero-order chi connectivity index (χ0) is 13.2. The molecule has 0 bridgehead atoms. The quantitative estimate of drug-likeness (QED) is 0.615. The summed E-state index contributed by atoms with van der Waals surface area (Å²) in [7, 11) is 1.68. The fourth-order valence-corrected chi connectivity index (χ4v) is 1.59. The molecule has 0 fully saturated rings. The highest BCUT2D eigenvalue weighted by Crippen LogP contribution is 1.99. The van der Waals surface area contributed by atoms with Crippen molar-refractivity contribution in [2.45, 2.75) is 26.4 Å². The van der Waals surface area contributed by atoms with Crippen molar-refractivity contribution < 1.29 is 9.53 Å². The van der Waals surface area contributed by atoms with Crippen molar-refractivity contribution in [1.29, 1.82) is 0 Å². The third kappa shape index (κ3) is 5.29. The van der Waals surface area contributed by atoms with Crippen molar-refractivity contribution in [1.82, 2.24) is 20.2 Å². The van der Waals surface area contributed by atoms with E-state index in [1.807, 2.05) is 17.7 Å².